The molecule has 1 amide bonds. The smallest absolute Gasteiger partial charge is 0.307 e. The molecule has 0 spiro atoms. The Morgan fingerprint density at radius 1 is 1.43 bits per heavy atom. The Morgan fingerprint density at radius 3 is 2.81 bits per heavy atom. The lowest BCUT2D eigenvalue weighted by atomic mass is 10.3. The number of carboxylic acids is 1. The maximum atomic E-state index is 12.0. The molecule has 2 N–H and O–H groups in total. The van der Waals surface area contributed by atoms with Gasteiger partial charge >= 0.3 is 5.97 Å². The third kappa shape index (κ3) is 2.20. The fourth-order valence-corrected chi connectivity index (χ4v) is 2.43. The molecule has 2 aromatic rings. The van der Waals surface area contributed by atoms with Crippen molar-refractivity contribution in [2.45, 2.75) is 6.42 Å². The van der Waals surface area contributed by atoms with Crippen molar-refractivity contribution in [3.05, 3.63) is 18.2 Å². The van der Waals surface area contributed by atoms with Gasteiger partial charge in [0.25, 0.3) is 0 Å². The van der Waals surface area contributed by atoms with Gasteiger partial charge in [0, 0.05) is 7.05 Å². The molecule has 21 heavy (non-hydrogen) atoms. The number of para-hydroxylation sites is 1. The maximum absolute atomic E-state index is 12.0. The number of methoxy groups -OCH3 is 1. The number of aryl methyl sites for hydroxylation is 1. The normalized spacial score (nSPS) is 20.3. The first kappa shape index (κ1) is 13.4. The number of nitrogens with zero attached hydrogens (tertiary/aromatic N) is 2. The lowest BCUT2D eigenvalue weighted by Gasteiger charge is -2.04. The molecule has 1 aromatic carbocycles. The highest BCUT2D eigenvalue weighted by molar-refractivity contribution is 5.98. The monoisotopic (exact) mass is 289 g/mol. The van der Waals surface area contributed by atoms with Crippen LogP contribution in [-0.4, -0.2) is 33.6 Å². The molecule has 110 valence electrons. The predicted molar refractivity (Wildman–Crippen MR) is 75.1 cm³/mol. The number of carbonyl (C=O) groups excluding carboxylic acids is 1. The van der Waals surface area contributed by atoms with Gasteiger partial charge in [-0.1, -0.05) is 6.07 Å². The molecule has 7 nitrogen and oxygen atoms in total. The largest absolute Gasteiger partial charge is 0.494 e. The van der Waals surface area contributed by atoms with E-state index in [2.05, 4.69) is 10.3 Å². The molecule has 7 heteroatoms. The average Bonchev–Trinajstić information content (AvgIpc) is 3.21. The third-order valence-corrected chi connectivity index (χ3v) is 3.77. The number of aromatic nitrogens is 2. The Bertz CT molecular complexity index is 737. The number of imidazole rings is 1. The number of ether oxygens (including phenoxy) is 1. The number of nitrogens with one attached hydrogen (secondary N) is 1. The minimum absolute atomic E-state index is 0.306. The van der Waals surface area contributed by atoms with Crippen molar-refractivity contribution in [1.29, 1.82) is 0 Å². The van der Waals surface area contributed by atoms with E-state index < -0.39 is 17.8 Å². The van der Waals surface area contributed by atoms with Crippen LogP contribution in [0.25, 0.3) is 11.0 Å². The molecule has 1 aromatic heterocycles. The Balaban J connectivity index is 1.86. The number of fused-ring (bicyclic) bond motifs is 1. The standard InChI is InChI=1S/C14H15N3O4/c1-17-9-4-3-5-10(21-2)11(9)15-14(17)16-12(18)7-6-8(7)13(19)20/h3-5,7-8H,6H2,1-2H3,(H,19,20)(H,15,16,18). The number of aliphatic carboxylic acids is 1. The van der Waals surface area contributed by atoms with Gasteiger partial charge in [0.15, 0.2) is 0 Å². The van der Waals surface area contributed by atoms with Crippen LogP contribution in [0.5, 0.6) is 5.75 Å². The second-order valence-electron chi connectivity index (χ2n) is 5.10. The number of carboxylic acid groups (broad SMARTS) is 1. The fourth-order valence-electron chi connectivity index (χ4n) is 2.43. The zero-order valence-electron chi connectivity index (χ0n) is 11.7. The van der Waals surface area contributed by atoms with Crippen LogP contribution < -0.4 is 10.1 Å². The zero-order chi connectivity index (χ0) is 15.1. The number of hydrogen-bond acceptors (Lipinski definition) is 4. The van der Waals surface area contributed by atoms with Crippen LogP contribution in [0.3, 0.4) is 0 Å². The van der Waals surface area contributed by atoms with Crippen LogP contribution >= 0.6 is 0 Å². The molecular formula is C14H15N3O4. The van der Waals surface area contributed by atoms with Crippen LogP contribution in [0.1, 0.15) is 6.42 Å². The second-order valence-corrected chi connectivity index (χ2v) is 5.10. The summed E-state index contributed by atoms with van der Waals surface area (Å²) in [5, 5.41) is 11.6. The van der Waals surface area contributed by atoms with Crippen LogP contribution in [0, 0.1) is 11.8 Å². The summed E-state index contributed by atoms with van der Waals surface area (Å²) in [6.45, 7) is 0. The van der Waals surface area contributed by atoms with Gasteiger partial charge in [-0.3, -0.25) is 14.9 Å². The highest BCUT2D eigenvalue weighted by atomic mass is 16.5. The molecule has 2 atom stereocenters. The number of hydrogen-bond donors (Lipinski definition) is 2. The van der Waals surface area contributed by atoms with Crippen molar-refractivity contribution in [1.82, 2.24) is 9.55 Å². The lowest BCUT2D eigenvalue weighted by Crippen LogP contribution is -2.19. The van der Waals surface area contributed by atoms with Gasteiger partial charge in [-0.05, 0) is 18.6 Å². The summed E-state index contributed by atoms with van der Waals surface area (Å²) in [7, 11) is 3.34. The van der Waals surface area contributed by atoms with Crippen LogP contribution in [0.15, 0.2) is 18.2 Å². The highest BCUT2D eigenvalue weighted by Crippen LogP contribution is 2.39. The van der Waals surface area contributed by atoms with Crippen molar-refractivity contribution in [3.8, 4) is 5.75 Å². The van der Waals surface area contributed by atoms with Gasteiger partial charge < -0.3 is 14.4 Å². The van der Waals surface area contributed by atoms with Crippen molar-refractivity contribution in [2.75, 3.05) is 12.4 Å². The van der Waals surface area contributed by atoms with Gasteiger partial charge in [-0.2, -0.15) is 0 Å². The van der Waals surface area contributed by atoms with Gasteiger partial charge in [-0.15, -0.1) is 0 Å². The molecule has 1 heterocycles. The molecule has 0 radical (unpaired) electrons. The molecule has 3 rings (SSSR count). The average molecular weight is 289 g/mol. The summed E-state index contributed by atoms with van der Waals surface area (Å²) in [5.41, 5.74) is 1.48. The van der Waals surface area contributed by atoms with E-state index in [0.29, 0.717) is 23.6 Å². The molecule has 0 aliphatic heterocycles. The molecule has 1 aliphatic rings. The van der Waals surface area contributed by atoms with E-state index in [1.807, 2.05) is 12.1 Å². The molecule has 0 saturated heterocycles. The Morgan fingerprint density at radius 2 is 2.19 bits per heavy atom. The first-order valence-electron chi connectivity index (χ1n) is 6.56. The highest BCUT2D eigenvalue weighted by Gasteiger charge is 2.48. The van der Waals surface area contributed by atoms with E-state index in [4.69, 9.17) is 9.84 Å². The number of anilines is 1. The van der Waals surface area contributed by atoms with Gasteiger partial charge in [0.2, 0.25) is 11.9 Å². The number of carbonyl (C=O) groups is 2. The fraction of sp³-hybridized carbons (Fsp3) is 0.357. The summed E-state index contributed by atoms with van der Waals surface area (Å²) in [4.78, 5) is 27.2. The van der Waals surface area contributed by atoms with Crippen molar-refractivity contribution in [3.63, 3.8) is 0 Å². The Labute approximate surface area is 120 Å². The van der Waals surface area contributed by atoms with E-state index in [0.717, 1.165) is 5.52 Å². The minimum atomic E-state index is -0.929. The Kier molecular flexibility index (Phi) is 3.04. The van der Waals surface area contributed by atoms with Crippen LogP contribution in [-0.2, 0) is 16.6 Å². The van der Waals surface area contributed by atoms with Gasteiger partial charge in [0.1, 0.15) is 11.3 Å². The van der Waals surface area contributed by atoms with E-state index in [-0.39, 0.29) is 5.91 Å². The molecule has 1 aliphatic carbocycles. The number of amides is 1. The molecular weight excluding hydrogens is 274 g/mol. The summed E-state index contributed by atoms with van der Waals surface area (Å²) in [5.74, 6) is -1.27. The maximum Gasteiger partial charge on any atom is 0.307 e. The molecule has 2 unspecified atom stereocenters. The minimum Gasteiger partial charge on any atom is -0.494 e. The quantitative estimate of drug-likeness (QED) is 0.883. The second kappa shape index (κ2) is 4.76. The summed E-state index contributed by atoms with van der Waals surface area (Å²) >= 11 is 0. The molecule has 0 bridgehead atoms. The predicted octanol–water partition coefficient (Wildman–Crippen LogP) is 1.24. The lowest BCUT2D eigenvalue weighted by molar-refractivity contribution is -0.139. The van der Waals surface area contributed by atoms with E-state index in [1.54, 1.807) is 24.8 Å². The molecule has 1 saturated carbocycles. The van der Waals surface area contributed by atoms with Crippen LogP contribution in [0.4, 0.5) is 5.95 Å². The van der Waals surface area contributed by atoms with Crippen molar-refractivity contribution < 1.29 is 19.4 Å². The van der Waals surface area contributed by atoms with E-state index in [1.165, 1.54) is 0 Å². The first-order chi connectivity index (χ1) is 10.0. The zero-order valence-corrected chi connectivity index (χ0v) is 11.7. The van der Waals surface area contributed by atoms with E-state index >= 15 is 0 Å². The van der Waals surface area contributed by atoms with Gasteiger partial charge in [0.05, 0.1) is 24.5 Å². The summed E-state index contributed by atoms with van der Waals surface area (Å²) in [6.07, 6.45) is 0.383. The summed E-state index contributed by atoms with van der Waals surface area (Å²) in [6, 6.07) is 5.51. The van der Waals surface area contributed by atoms with Crippen molar-refractivity contribution >= 4 is 28.9 Å². The van der Waals surface area contributed by atoms with Gasteiger partial charge in [-0.25, -0.2) is 4.98 Å². The third-order valence-electron chi connectivity index (χ3n) is 3.77. The van der Waals surface area contributed by atoms with Crippen molar-refractivity contribution in [2.24, 2.45) is 18.9 Å². The molecule has 1 fully saturated rings. The number of rotatable bonds is 4. The SMILES string of the molecule is COc1cccc2c1nc(NC(=O)C1CC1C(=O)O)n2C. The summed E-state index contributed by atoms with van der Waals surface area (Å²) < 4.78 is 6.99. The topological polar surface area (TPSA) is 93.4 Å². The number of benzene rings is 1. The Hall–Kier alpha value is -2.57. The van der Waals surface area contributed by atoms with Crippen LogP contribution in [0.2, 0.25) is 0 Å². The van der Waals surface area contributed by atoms with E-state index in [9.17, 15) is 9.59 Å². The first-order valence-corrected chi connectivity index (χ1v) is 6.56.